The number of aromatic nitrogens is 2. The molecule has 1 saturated carbocycles. The lowest BCUT2D eigenvalue weighted by atomic mass is 9.93. The Labute approximate surface area is 159 Å². The molecule has 27 heavy (non-hydrogen) atoms. The van der Waals surface area contributed by atoms with Crippen molar-refractivity contribution in [3.63, 3.8) is 0 Å². The zero-order chi connectivity index (χ0) is 18.5. The van der Waals surface area contributed by atoms with Crippen LogP contribution in [0.3, 0.4) is 0 Å². The van der Waals surface area contributed by atoms with Gasteiger partial charge in [-0.25, -0.2) is 5.84 Å². The van der Waals surface area contributed by atoms with Crippen molar-refractivity contribution in [2.45, 2.75) is 31.7 Å². The van der Waals surface area contributed by atoms with Gasteiger partial charge < -0.3 is 16.1 Å². The molecule has 1 heterocycles. The van der Waals surface area contributed by atoms with Crippen LogP contribution < -0.4 is 21.9 Å². The Morgan fingerprint density at radius 1 is 0.889 bits per heavy atom. The topological polar surface area (TPSA) is 87.9 Å². The molecule has 6 heteroatoms. The van der Waals surface area contributed by atoms with Gasteiger partial charge in [0.05, 0.1) is 0 Å². The van der Waals surface area contributed by atoms with E-state index in [2.05, 4.69) is 33.2 Å². The molecule has 1 fully saturated rings. The molecule has 138 valence electrons. The normalized spacial score (nSPS) is 13.7. The first kappa shape index (κ1) is 17.3. The van der Waals surface area contributed by atoms with E-state index >= 15 is 0 Å². The third kappa shape index (κ3) is 4.17. The number of benzene rings is 2. The van der Waals surface area contributed by atoms with E-state index in [4.69, 9.17) is 10.8 Å². The van der Waals surface area contributed by atoms with E-state index in [1.807, 2.05) is 48.5 Å². The first-order valence-electron chi connectivity index (χ1n) is 9.32. The summed E-state index contributed by atoms with van der Waals surface area (Å²) in [5, 5.41) is 6.84. The van der Waals surface area contributed by atoms with E-state index < -0.39 is 0 Å². The van der Waals surface area contributed by atoms with Gasteiger partial charge in [0.15, 0.2) is 5.82 Å². The minimum Gasteiger partial charge on any atom is -0.367 e. The van der Waals surface area contributed by atoms with Gasteiger partial charge in [-0.05, 0) is 37.0 Å². The van der Waals surface area contributed by atoms with Gasteiger partial charge in [-0.3, -0.25) is 0 Å². The molecule has 0 atom stereocenters. The van der Waals surface area contributed by atoms with E-state index in [0.29, 0.717) is 24.2 Å². The number of para-hydroxylation sites is 1. The van der Waals surface area contributed by atoms with Crippen molar-refractivity contribution >= 4 is 23.3 Å². The van der Waals surface area contributed by atoms with Crippen LogP contribution in [0.5, 0.6) is 0 Å². The SMILES string of the molecule is NNc1nc(Nc2ccccc2)nc(NC2CCC2)c1Cc1ccccc1. The number of hydrogen-bond donors (Lipinski definition) is 4. The Hall–Kier alpha value is -3.12. The minimum atomic E-state index is 0.463. The highest BCUT2D eigenvalue weighted by atomic mass is 15.3. The van der Waals surface area contributed by atoms with E-state index in [1.165, 1.54) is 24.8 Å². The first-order chi connectivity index (χ1) is 13.3. The molecule has 3 aromatic rings. The number of rotatable bonds is 7. The van der Waals surface area contributed by atoms with E-state index in [0.717, 1.165) is 17.1 Å². The molecule has 0 bridgehead atoms. The van der Waals surface area contributed by atoms with Crippen molar-refractivity contribution < 1.29 is 0 Å². The predicted molar refractivity (Wildman–Crippen MR) is 110 cm³/mol. The summed E-state index contributed by atoms with van der Waals surface area (Å²) in [6.45, 7) is 0. The van der Waals surface area contributed by atoms with Gasteiger partial charge in [0, 0.05) is 23.7 Å². The molecular weight excluding hydrogens is 336 g/mol. The number of hydrogen-bond acceptors (Lipinski definition) is 6. The molecule has 1 aliphatic rings. The summed E-state index contributed by atoms with van der Waals surface area (Å²) < 4.78 is 0. The van der Waals surface area contributed by atoms with Crippen LogP contribution in [0.4, 0.5) is 23.3 Å². The Morgan fingerprint density at radius 3 is 2.19 bits per heavy atom. The third-order valence-electron chi connectivity index (χ3n) is 4.84. The van der Waals surface area contributed by atoms with Crippen LogP contribution in [0.2, 0.25) is 0 Å². The quantitative estimate of drug-likeness (QED) is 0.375. The van der Waals surface area contributed by atoms with Gasteiger partial charge in [0.1, 0.15) is 5.82 Å². The Bertz CT molecular complexity index is 878. The van der Waals surface area contributed by atoms with Crippen molar-refractivity contribution in [3.8, 4) is 0 Å². The second kappa shape index (κ2) is 8.05. The standard InChI is InChI=1S/C21H24N6/c22-27-20-18(14-15-8-3-1-4-9-15)19(23-16-12-7-13-16)25-21(26-20)24-17-10-5-2-6-11-17/h1-6,8-11,16H,7,12-14,22H2,(H3,23,24,25,26,27). The number of nitrogens with zero attached hydrogens (tertiary/aromatic N) is 2. The molecular formula is C21H24N6. The van der Waals surface area contributed by atoms with Gasteiger partial charge in [-0.15, -0.1) is 0 Å². The van der Waals surface area contributed by atoms with Crippen LogP contribution in [-0.2, 0) is 6.42 Å². The summed E-state index contributed by atoms with van der Waals surface area (Å²) in [5.74, 6) is 7.81. The van der Waals surface area contributed by atoms with Gasteiger partial charge in [-0.2, -0.15) is 9.97 Å². The number of nitrogens with two attached hydrogens (primary N) is 1. The minimum absolute atomic E-state index is 0.463. The summed E-state index contributed by atoms with van der Waals surface area (Å²) in [5.41, 5.74) is 5.87. The van der Waals surface area contributed by atoms with Gasteiger partial charge >= 0.3 is 0 Å². The second-order valence-corrected chi connectivity index (χ2v) is 6.79. The average molecular weight is 360 g/mol. The Morgan fingerprint density at radius 2 is 1.56 bits per heavy atom. The number of nitrogen functional groups attached to an aromatic ring is 1. The van der Waals surface area contributed by atoms with Crippen molar-refractivity contribution in [3.05, 3.63) is 71.8 Å². The fraction of sp³-hybridized carbons (Fsp3) is 0.238. The number of anilines is 4. The molecule has 0 amide bonds. The van der Waals surface area contributed by atoms with Gasteiger partial charge in [0.25, 0.3) is 0 Å². The van der Waals surface area contributed by atoms with Crippen molar-refractivity contribution in [1.29, 1.82) is 0 Å². The summed E-state index contributed by atoms with van der Waals surface area (Å²) in [4.78, 5) is 9.36. The smallest absolute Gasteiger partial charge is 0.231 e. The lowest BCUT2D eigenvalue weighted by Gasteiger charge is -2.28. The Kier molecular flexibility index (Phi) is 5.16. The first-order valence-corrected chi connectivity index (χ1v) is 9.32. The molecule has 4 rings (SSSR count). The maximum atomic E-state index is 5.82. The summed E-state index contributed by atoms with van der Waals surface area (Å²) in [6.07, 6.45) is 4.30. The van der Waals surface area contributed by atoms with Gasteiger partial charge in [-0.1, -0.05) is 48.5 Å². The van der Waals surface area contributed by atoms with Crippen LogP contribution in [0.25, 0.3) is 0 Å². The molecule has 0 aliphatic heterocycles. The molecule has 5 N–H and O–H groups in total. The van der Waals surface area contributed by atoms with Crippen LogP contribution in [0.15, 0.2) is 60.7 Å². The Balaban J connectivity index is 1.69. The maximum Gasteiger partial charge on any atom is 0.231 e. The highest BCUT2D eigenvalue weighted by molar-refractivity contribution is 5.65. The molecule has 6 nitrogen and oxygen atoms in total. The molecule has 0 spiro atoms. The van der Waals surface area contributed by atoms with Crippen molar-refractivity contribution in [2.24, 2.45) is 5.84 Å². The molecule has 0 radical (unpaired) electrons. The third-order valence-corrected chi connectivity index (χ3v) is 4.84. The van der Waals surface area contributed by atoms with Gasteiger partial charge in [0.2, 0.25) is 5.95 Å². The maximum absolute atomic E-state index is 5.82. The molecule has 0 unspecified atom stereocenters. The zero-order valence-electron chi connectivity index (χ0n) is 15.2. The van der Waals surface area contributed by atoms with Crippen LogP contribution >= 0.6 is 0 Å². The largest absolute Gasteiger partial charge is 0.367 e. The summed E-state index contributed by atoms with van der Waals surface area (Å²) in [7, 11) is 0. The number of nitrogens with one attached hydrogen (secondary N) is 3. The average Bonchev–Trinajstić information content (AvgIpc) is 2.67. The van der Waals surface area contributed by atoms with Crippen molar-refractivity contribution in [1.82, 2.24) is 9.97 Å². The van der Waals surface area contributed by atoms with E-state index in [1.54, 1.807) is 0 Å². The lowest BCUT2D eigenvalue weighted by molar-refractivity contribution is 0.444. The molecule has 0 saturated heterocycles. The fourth-order valence-electron chi connectivity index (χ4n) is 3.14. The summed E-state index contributed by atoms with van der Waals surface area (Å²) >= 11 is 0. The highest BCUT2D eigenvalue weighted by Crippen LogP contribution is 2.30. The monoisotopic (exact) mass is 360 g/mol. The highest BCUT2D eigenvalue weighted by Gasteiger charge is 2.22. The lowest BCUT2D eigenvalue weighted by Crippen LogP contribution is -2.29. The zero-order valence-corrected chi connectivity index (χ0v) is 15.2. The van der Waals surface area contributed by atoms with E-state index in [9.17, 15) is 0 Å². The van der Waals surface area contributed by atoms with Crippen LogP contribution in [-0.4, -0.2) is 16.0 Å². The molecule has 1 aliphatic carbocycles. The van der Waals surface area contributed by atoms with Crippen molar-refractivity contribution in [2.75, 3.05) is 16.1 Å². The predicted octanol–water partition coefficient (Wildman–Crippen LogP) is 4.06. The summed E-state index contributed by atoms with van der Waals surface area (Å²) in [6, 6.07) is 20.6. The molecule has 2 aromatic carbocycles. The van der Waals surface area contributed by atoms with Crippen LogP contribution in [0, 0.1) is 0 Å². The molecule has 1 aromatic heterocycles. The number of hydrazine groups is 1. The second-order valence-electron chi connectivity index (χ2n) is 6.79. The fourth-order valence-corrected chi connectivity index (χ4v) is 3.14. The van der Waals surface area contributed by atoms with Crippen LogP contribution in [0.1, 0.15) is 30.4 Å². The van der Waals surface area contributed by atoms with E-state index in [-0.39, 0.29) is 0 Å².